The molecule has 0 aliphatic heterocycles. The van der Waals surface area contributed by atoms with Crippen LogP contribution in [0.3, 0.4) is 0 Å². The summed E-state index contributed by atoms with van der Waals surface area (Å²) in [7, 11) is 0.591. The Labute approximate surface area is 221 Å². The van der Waals surface area contributed by atoms with E-state index in [2.05, 4.69) is 12.2 Å². The number of hydrogen-bond donors (Lipinski definition) is 1. The predicted octanol–water partition coefficient (Wildman–Crippen LogP) is 6.34. The highest BCUT2D eigenvalue weighted by atomic mass is 32.2. The molecule has 4 rings (SSSR count). The van der Waals surface area contributed by atoms with Gasteiger partial charge in [-0.25, -0.2) is 8.42 Å². The minimum absolute atomic E-state index is 0.0823. The van der Waals surface area contributed by atoms with E-state index in [9.17, 15) is 13.2 Å². The molecule has 0 aliphatic carbocycles. The van der Waals surface area contributed by atoms with Crippen LogP contribution >= 0.6 is 11.3 Å². The summed E-state index contributed by atoms with van der Waals surface area (Å²) in [6, 6.07) is 19.5. The number of amides is 1. The van der Waals surface area contributed by atoms with Crippen LogP contribution in [0, 0.1) is 0 Å². The van der Waals surface area contributed by atoms with Crippen molar-refractivity contribution < 1.29 is 22.7 Å². The van der Waals surface area contributed by atoms with Crippen molar-refractivity contribution in [2.75, 3.05) is 30.9 Å². The molecule has 0 saturated heterocycles. The lowest BCUT2D eigenvalue weighted by molar-refractivity contribution is 0.103. The number of benzene rings is 3. The largest absolute Gasteiger partial charge is 0.493 e. The third-order valence-corrected chi connectivity index (χ3v) is 9.03. The van der Waals surface area contributed by atoms with Gasteiger partial charge >= 0.3 is 0 Å². The molecular formula is C28H30N2O5S2. The number of ether oxygens (including phenoxy) is 2. The maximum absolute atomic E-state index is 13.3. The zero-order valence-electron chi connectivity index (χ0n) is 21.3. The van der Waals surface area contributed by atoms with Crippen molar-refractivity contribution in [1.82, 2.24) is 0 Å². The van der Waals surface area contributed by atoms with Crippen molar-refractivity contribution in [2.24, 2.45) is 0 Å². The van der Waals surface area contributed by atoms with E-state index in [1.807, 2.05) is 30.3 Å². The van der Waals surface area contributed by atoms with Crippen LogP contribution in [-0.4, -0.2) is 35.6 Å². The highest BCUT2D eigenvalue weighted by Gasteiger charge is 2.24. The molecular weight excluding hydrogens is 508 g/mol. The minimum Gasteiger partial charge on any atom is -0.493 e. The van der Waals surface area contributed by atoms with E-state index < -0.39 is 10.0 Å². The van der Waals surface area contributed by atoms with Crippen LogP contribution in [0.5, 0.6) is 11.5 Å². The van der Waals surface area contributed by atoms with Crippen LogP contribution in [0.4, 0.5) is 11.4 Å². The number of nitrogens with one attached hydrogen (secondary N) is 1. The van der Waals surface area contributed by atoms with Gasteiger partial charge in [0.2, 0.25) is 0 Å². The molecule has 1 N–H and O–H groups in total. The number of sulfonamides is 1. The summed E-state index contributed by atoms with van der Waals surface area (Å²) in [6.07, 6.45) is 3.31. The summed E-state index contributed by atoms with van der Waals surface area (Å²) in [5.41, 5.74) is 2.47. The number of carbonyl (C=O) groups excluding carboxylic acids is 1. The normalized spacial score (nSPS) is 11.4. The van der Waals surface area contributed by atoms with Gasteiger partial charge in [-0.3, -0.25) is 9.10 Å². The van der Waals surface area contributed by atoms with E-state index in [-0.39, 0.29) is 10.8 Å². The minimum atomic E-state index is -3.86. The van der Waals surface area contributed by atoms with Gasteiger partial charge in [-0.05, 0) is 72.3 Å². The Kier molecular flexibility index (Phi) is 8.04. The lowest BCUT2D eigenvalue weighted by Crippen LogP contribution is -2.26. The smallest absolute Gasteiger partial charge is 0.265 e. The van der Waals surface area contributed by atoms with Crippen LogP contribution in [0.1, 0.15) is 35.0 Å². The average molecular weight is 539 g/mol. The summed E-state index contributed by atoms with van der Waals surface area (Å²) in [5, 5.41) is 3.74. The van der Waals surface area contributed by atoms with E-state index in [1.165, 1.54) is 54.6 Å². The Balaban J connectivity index is 1.54. The van der Waals surface area contributed by atoms with Gasteiger partial charge in [-0.15, -0.1) is 11.3 Å². The van der Waals surface area contributed by atoms with Crippen LogP contribution in [-0.2, 0) is 16.4 Å². The second-order valence-electron chi connectivity index (χ2n) is 8.58. The van der Waals surface area contributed by atoms with Crippen molar-refractivity contribution in [1.29, 1.82) is 0 Å². The second-order valence-corrected chi connectivity index (χ2v) is 11.6. The molecule has 0 radical (unpaired) electrons. The van der Waals surface area contributed by atoms with E-state index in [0.717, 1.165) is 35.0 Å². The summed E-state index contributed by atoms with van der Waals surface area (Å²) in [6.45, 7) is 2.16. The van der Waals surface area contributed by atoms with Crippen molar-refractivity contribution in [3.63, 3.8) is 0 Å². The molecule has 0 saturated carbocycles. The lowest BCUT2D eigenvalue weighted by Gasteiger charge is -2.20. The molecule has 0 atom stereocenters. The molecule has 0 fully saturated rings. The Morgan fingerprint density at radius 3 is 2.35 bits per heavy atom. The van der Waals surface area contributed by atoms with E-state index in [4.69, 9.17) is 9.47 Å². The van der Waals surface area contributed by atoms with Gasteiger partial charge in [0.1, 0.15) is 0 Å². The van der Waals surface area contributed by atoms with Crippen molar-refractivity contribution >= 4 is 48.7 Å². The first-order chi connectivity index (χ1) is 17.8. The molecule has 0 spiro atoms. The van der Waals surface area contributed by atoms with Gasteiger partial charge in [0.25, 0.3) is 15.9 Å². The highest BCUT2D eigenvalue weighted by molar-refractivity contribution is 7.92. The van der Waals surface area contributed by atoms with E-state index in [0.29, 0.717) is 22.1 Å². The fourth-order valence-corrected chi connectivity index (χ4v) is 6.08. The number of anilines is 2. The molecule has 194 valence electrons. The summed E-state index contributed by atoms with van der Waals surface area (Å²) in [4.78, 5) is 13.5. The SMILES string of the molecule is CCCCc1ccc(NC(=O)c2cc3cc(N(C)S(=O)(=O)c4ccc(OC)c(OC)c4)ccc3s2)cc1. The number of unbranched alkanes of at least 4 members (excludes halogenated alkanes) is 1. The molecule has 37 heavy (non-hydrogen) atoms. The Morgan fingerprint density at radius 2 is 1.68 bits per heavy atom. The molecule has 0 aliphatic rings. The number of carbonyl (C=O) groups is 1. The molecule has 1 amide bonds. The molecule has 9 heteroatoms. The number of nitrogens with zero attached hydrogens (tertiary/aromatic N) is 1. The quantitative estimate of drug-likeness (QED) is 0.255. The molecule has 0 unspecified atom stereocenters. The van der Waals surface area contributed by atoms with Gasteiger partial charge in [0.05, 0.1) is 29.7 Å². The van der Waals surface area contributed by atoms with Crippen molar-refractivity contribution in [3.8, 4) is 11.5 Å². The number of hydrogen-bond acceptors (Lipinski definition) is 6. The summed E-state index contributed by atoms with van der Waals surface area (Å²) in [5.74, 6) is 0.578. The third kappa shape index (κ3) is 5.73. The second kappa shape index (κ2) is 11.2. The van der Waals surface area contributed by atoms with Gasteiger partial charge in [-0.2, -0.15) is 0 Å². The Bertz CT molecular complexity index is 1510. The third-order valence-electron chi connectivity index (χ3n) is 6.13. The van der Waals surface area contributed by atoms with Crippen molar-refractivity contribution in [2.45, 2.75) is 31.1 Å². The highest BCUT2D eigenvalue weighted by Crippen LogP contribution is 2.34. The number of rotatable bonds is 10. The fourth-order valence-electron chi connectivity index (χ4n) is 3.94. The first kappa shape index (κ1) is 26.5. The monoisotopic (exact) mass is 538 g/mol. The van der Waals surface area contributed by atoms with Gasteiger partial charge in [-0.1, -0.05) is 25.5 Å². The number of fused-ring (bicyclic) bond motifs is 1. The zero-order valence-corrected chi connectivity index (χ0v) is 22.9. The number of aryl methyl sites for hydroxylation is 1. The molecule has 4 aromatic rings. The average Bonchev–Trinajstić information content (AvgIpc) is 3.35. The molecule has 3 aromatic carbocycles. The predicted molar refractivity (Wildman–Crippen MR) is 150 cm³/mol. The Morgan fingerprint density at radius 1 is 0.946 bits per heavy atom. The van der Waals surface area contributed by atoms with Crippen LogP contribution in [0.25, 0.3) is 10.1 Å². The zero-order chi connectivity index (χ0) is 26.6. The molecule has 7 nitrogen and oxygen atoms in total. The van der Waals surface area contributed by atoms with Crippen molar-refractivity contribution in [3.05, 3.63) is 77.2 Å². The topological polar surface area (TPSA) is 84.9 Å². The van der Waals surface area contributed by atoms with Crippen LogP contribution < -0.4 is 19.1 Å². The fraction of sp³-hybridized carbons (Fsp3) is 0.250. The van der Waals surface area contributed by atoms with Gasteiger partial charge in [0.15, 0.2) is 11.5 Å². The first-order valence-corrected chi connectivity index (χ1v) is 14.2. The standard InChI is InChI=1S/C28H30N2O5S2/c1-5-6-7-19-8-10-21(11-9-19)29-28(31)27-17-20-16-22(12-15-26(20)36-27)30(2)37(32,33)23-13-14-24(34-3)25(18-23)35-4/h8-18H,5-7H2,1-4H3,(H,29,31). The maximum Gasteiger partial charge on any atom is 0.265 e. The molecule has 0 bridgehead atoms. The van der Waals surface area contributed by atoms with Gasteiger partial charge < -0.3 is 14.8 Å². The Hall–Kier alpha value is -3.56. The van der Waals surface area contributed by atoms with Crippen LogP contribution in [0.15, 0.2) is 71.6 Å². The van der Waals surface area contributed by atoms with Crippen LogP contribution in [0.2, 0.25) is 0 Å². The molecule has 1 aromatic heterocycles. The maximum atomic E-state index is 13.3. The lowest BCUT2D eigenvalue weighted by atomic mass is 10.1. The summed E-state index contributed by atoms with van der Waals surface area (Å²) >= 11 is 1.36. The first-order valence-electron chi connectivity index (χ1n) is 11.9. The van der Waals surface area contributed by atoms with Gasteiger partial charge in [0, 0.05) is 23.5 Å². The number of methoxy groups -OCH3 is 2. The molecule has 1 heterocycles. The number of thiophene rings is 1. The summed E-state index contributed by atoms with van der Waals surface area (Å²) < 4.78 is 39.2. The van der Waals surface area contributed by atoms with E-state index >= 15 is 0 Å². The van der Waals surface area contributed by atoms with E-state index in [1.54, 1.807) is 24.3 Å².